The van der Waals surface area contributed by atoms with E-state index in [0.717, 1.165) is 25.3 Å². The Morgan fingerprint density at radius 3 is 2.65 bits per heavy atom. The lowest BCUT2D eigenvalue weighted by Gasteiger charge is -2.31. The van der Waals surface area contributed by atoms with E-state index < -0.39 is 0 Å². The normalized spacial score (nSPS) is 18.4. The van der Waals surface area contributed by atoms with Crippen molar-refractivity contribution >= 4 is 0 Å². The summed E-state index contributed by atoms with van der Waals surface area (Å²) in [7, 11) is 2.09. The first-order valence-electron chi connectivity index (χ1n) is 8.49. The second kappa shape index (κ2) is 7.82. The molecule has 2 rings (SSSR count). The van der Waals surface area contributed by atoms with Crippen molar-refractivity contribution in [1.82, 2.24) is 15.1 Å². The average Bonchev–Trinajstić information content (AvgIpc) is 2.84. The van der Waals surface area contributed by atoms with E-state index >= 15 is 0 Å². The smallest absolute Gasteiger partial charge is 0.0624 e. The van der Waals surface area contributed by atoms with E-state index in [0.29, 0.717) is 6.04 Å². The summed E-state index contributed by atoms with van der Waals surface area (Å²) in [5.74, 6) is 0.857. The molecule has 1 fully saturated rings. The first-order valence-corrected chi connectivity index (χ1v) is 8.49. The molecule has 0 radical (unpaired) electrons. The standard InChI is InChI=1S/C17H31N3/c1-4-11-18-17(14-9-7-6-8-10-14)13-16-12-15(5-2)19-20(16)3/h12,14,17-18H,4-11,13H2,1-3H3. The Labute approximate surface area is 124 Å². The molecule has 0 bridgehead atoms. The summed E-state index contributed by atoms with van der Waals surface area (Å²) in [5, 5.41) is 8.40. The third-order valence-electron chi connectivity index (χ3n) is 4.69. The molecule has 1 aromatic heterocycles. The molecule has 0 saturated heterocycles. The van der Waals surface area contributed by atoms with Crippen LogP contribution in [0.2, 0.25) is 0 Å². The fourth-order valence-corrected chi connectivity index (χ4v) is 3.43. The Morgan fingerprint density at radius 2 is 2.05 bits per heavy atom. The summed E-state index contributed by atoms with van der Waals surface area (Å²) in [6, 6.07) is 2.93. The summed E-state index contributed by atoms with van der Waals surface area (Å²) >= 11 is 0. The van der Waals surface area contributed by atoms with Gasteiger partial charge >= 0.3 is 0 Å². The van der Waals surface area contributed by atoms with Crippen LogP contribution in [0.5, 0.6) is 0 Å². The largest absolute Gasteiger partial charge is 0.313 e. The molecule has 1 N–H and O–H groups in total. The third-order valence-corrected chi connectivity index (χ3v) is 4.69. The molecule has 1 unspecified atom stereocenters. The molecule has 20 heavy (non-hydrogen) atoms. The lowest BCUT2D eigenvalue weighted by atomic mass is 9.82. The Bertz CT molecular complexity index is 391. The zero-order chi connectivity index (χ0) is 14.4. The Morgan fingerprint density at radius 1 is 1.30 bits per heavy atom. The van der Waals surface area contributed by atoms with E-state index in [1.54, 1.807) is 0 Å². The lowest BCUT2D eigenvalue weighted by molar-refractivity contribution is 0.264. The number of hydrogen-bond donors (Lipinski definition) is 1. The van der Waals surface area contributed by atoms with E-state index in [9.17, 15) is 0 Å². The van der Waals surface area contributed by atoms with Crippen LogP contribution in [-0.2, 0) is 19.9 Å². The van der Waals surface area contributed by atoms with E-state index in [1.165, 1.54) is 49.9 Å². The molecule has 1 aliphatic rings. The van der Waals surface area contributed by atoms with Crippen LogP contribution in [0.4, 0.5) is 0 Å². The molecular formula is C17H31N3. The second-order valence-corrected chi connectivity index (χ2v) is 6.27. The van der Waals surface area contributed by atoms with Gasteiger partial charge in [-0.2, -0.15) is 5.10 Å². The van der Waals surface area contributed by atoms with E-state index in [-0.39, 0.29) is 0 Å². The van der Waals surface area contributed by atoms with Crippen LogP contribution in [0, 0.1) is 5.92 Å². The molecule has 1 heterocycles. The molecule has 114 valence electrons. The maximum atomic E-state index is 4.60. The van der Waals surface area contributed by atoms with Gasteiger partial charge in [0.05, 0.1) is 5.69 Å². The highest BCUT2D eigenvalue weighted by atomic mass is 15.3. The van der Waals surface area contributed by atoms with Crippen molar-refractivity contribution in [2.24, 2.45) is 13.0 Å². The molecule has 1 aromatic rings. The fourth-order valence-electron chi connectivity index (χ4n) is 3.43. The van der Waals surface area contributed by atoms with Crippen molar-refractivity contribution in [3.8, 4) is 0 Å². The molecule has 3 heteroatoms. The highest BCUT2D eigenvalue weighted by Gasteiger charge is 2.24. The minimum Gasteiger partial charge on any atom is -0.313 e. The first-order chi connectivity index (χ1) is 9.74. The average molecular weight is 277 g/mol. The molecule has 0 amide bonds. The number of nitrogens with one attached hydrogen (secondary N) is 1. The maximum absolute atomic E-state index is 4.60. The van der Waals surface area contributed by atoms with Gasteiger partial charge in [0.2, 0.25) is 0 Å². The number of aromatic nitrogens is 2. The van der Waals surface area contributed by atoms with Crippen LogP contribution in [0.3, 0.4) is 0 Å². The van der Waals surface area contributed by atoms with Crippen LogP contribution in [0.15, 0.2) is 6.07 Å². The van der Waals surface area contributed by atoms with Crippen LogP contribution >= 0.6 is 0 Å². The number of nitrogens with zero attached hydrogens (tertiary/aromatic N) is 2. The molecule has 1 saturated carbocycles. The highest BCUT2D eigenvalue weighted by Crippen LogP contribution is 2.28. The zero-order valence-electron chi connectivity index (χ0n) is 13.5. The number of hydrogen-bond acceptors (Lipinski definition) is 2. The number of rotatable bonds is 7. The Kier molecular flexibility index (Phi) is 6.08. The van der Waals surface area contributed by atoms with Gasteiger partial charge in [-0.15, -0.1) is 0 Å². The van der Waals surface area contributed by atoms with Crippen molar-refractivity contribution in [2.75, 3.05) is 6.54 Å². The van der Waals surface area contributed by atoms with Crippen molar-refractivity contribution < 1.29 is 0 Å². The van der Waals surface area contributed by atoms with Gasteiger partial charge in [0.25, 0.3) is 0 Å². The zero-order valence-corrected chi connectivity index (χ0v) is 13.5. The quantitative estimate of drug-likeness (QED) is 0.827. The van der Waals surface area contributed by atoms with E-state index in [1.807, 2.05) is 0 Å². The molecule has 0 spiro atoms. The topological polar surface area (TPSA) is 29.9 Å². The first kappa shape index (κ1) is 15.6. The summed E-state index contributed by atoms with van der Waals surface area (Å²) in [6.45, 7) is 5.57. The van der Waals surface area contributed by atoms with Crippen molar-refractivity contribution in [1.29, 1.82) is 0 Å². The van der Waals surface area contributed by atoms with Crippen molar-refractivity contribution in [3.63, 3.8) is 0 Å². The van der Waals surface area contributed by atoms with Gasteiger partial charge in [-0.05, 0) is 44.2 Å². The predicted octanol–water partition coefficient (Wildman–Crippen LogP) is 3.47. The maximum Gasteiger partial charge on any atom is 0.0624 e. The Hall–Kier alpha value is -0.830. The minimum atomic E-state index is 0.635. The summed E-state index contributed by atoms with van der Waals surface area (Å²) in [6.07, 6.45) is 10.5. The lowest BCUT2D eigenvalue weighted by Crippen LogP contribution is -2.39. The fraction of sp³-hybridized carbons (Fsp3) is 0.824. The van der Waals surface area contributed by atoms with Crippen molar-refractivity contribution in [2.45, 2.75) is 71.3 Å². The second-order valence-electron chi connectivity index (χ2n) is 6.27. The van der Waals surface area contributed by atoms with Gasteiger partial charge < -0.3 is 5.32 Å². The molecule has 0 aromatic carbocycles. The highest BCUT2D eigenvalue weighted by molar-refractivity contribution is 5.12. The molecule has 0 aliphatic heterocycles. The molecule has 3 nitrogen and oxygen atoms in total. The van der Waals surface area contributed by atoms with Gasteiger partial charge in [0, 0.05) is 25.2 Å². The predicted molar refractivity (Wildman–Crippen MR) is 84.9 cm³/mol. The van der Waals surface area contributed by atoms with Crippen LogP contribution in [0.1, 0.15) is 63.8 Å². The van der Waals surface area contributed by atoms with Crippen molar-refractivity contribution in [3.05, 3.63) is 17.5 Å². The summed E-state index contributed by atoms with van der Waals surface area (Å²) in [4.78, 5) is 0. The molecule has 1 aliphatic carbocycles. The van der Waals surface area contributed by atoms with Crippen LogP contribution < -0.4 is 5.32 Å². The van der Waals surface area contributed by atoms with E-state index in [4.69, 9.17) is 0 Å². The summed E-state index contributed by atoms with van der Waals surface area (Å²) < 4.78 is 2.09. The van der Waals surface area contributed by atoms with E-state index in [2.05, 4.69) is 42.1 Å². The van der Waals surface area contributed by atoms with Crippen LogP contribution in [-0.4, -0.2) is 22.4 Å². The van der Waals surface area contributed by atoms with Crippen LogP contribution in [0.25, 0.3) is 0 Å². The number of aryl methyl sites for hydroxylation is 2. The monoisotopic (exact) mass is 277 g/mol. The van der Waals surface area contributed by atoms with Gasteiger partial charge in [-0.1, -0.05) is 33.1 Å². The summed E-state index contributed by atoms with van der Waals surface area (Å²) in [5.41, 5.74) is 2.61. The van der Waals surface area contributed by atoms with Gasteiger partial charge in [0.1, 0.15) is 0 Å². The minimum absolute atomic E-state index is 0.635. The molecular weight excluding hydrogens is 246 g/mol. The third kappa shape index (κ3) is 4.08. The van der Waals surface area contributed by atoms with Gasteiger partial charge in [-0.25, -0.2) is 0 Å². The Balaban J connectivity index is 2.03. The van der Waals surface area contributed by atoms with Gasteiger partial charge in [-0.3, -0.25) is 4.68 Å². The molecule has 1 atom stereocenters. The van der Waals surface area contributed by atoms with Gasteiger partial charge in [0.15, 0.2) is 0 Å². The SMILES string of the molecule is CCCNC(Cc1cc(CC)nn1C)C1CCCCC1.